The molecule has 0 aromatic heterocycles. The quantitative estimate of drug-likeness (QED) is 0.478. The van der Waals surface area contributed by atoms with E-state index in [1.54, 1.807) is 0 Å². The van der Waals surface area contributed by atoms with E-state index in [4.69, 9.17) is 0 Å². The molecule has 80 valence electrons. The van der Waals surface area contributed by atoms with Crippen molar-refractivity contribution in [2.24, 2.45) is 0 Å². The van der Waals surface area contributed by atoms with Crippen LogP contribution in [0.2, 0.25) is 0 Å². The lowest BCUT2D eigenvalue weighted by atomic mass is 10.2. The summed E-state index contributed by atoms with van der Waals surface area (Å²) < 4.78 is 2.60. The van der Waals surface area contributed by atoms with Gasteiger partial charge in [-0.3, -0.25) is 0 Å². The SMILES string of the molecule is Ic1ccc2c(c1I)Nc1ccccc1S2. The molecule has 0 saturated carbocycles. The molecule has 3 rings (SSSR count). The van der Waals surface area contributed by atoms with Crippen LogP contribution in [0.5, 0.6) is 0 Å². The second kappa shape index (κ2) is 4.38. The summed E-state index contributed by atoms with van der Waals surface area (Å²) in [4.78, 5) is 2.61. The molecule has 1 N–H and O–H groups in total. The topological polar surface area (TPSA) is 12.0 Å². The summed E-state index contributed by atoms with van der Waals surface area (Å²) in [5, 5.41) is 3.52. The molecule has 0 unspecified atom stereocenters. The summed E-state index contributed by atoms with van der Waals surface area (Å²) in [6, 6.07) is 12.8. The monoisotopic (exact) mass is 451 g/mol. The van der Waals surface area contributed by atoms with Crippen molar-refractivity contribution in [3.05, 3.63) is 43.5 Å². The summed E-state index contributed by atoms with van der Waals surface area (Å²) in [6.45, 7) is 0. The average molecular weight is 451 g/mol. The van der Waals surface area contributed by atoms with Gasteiger partial charge >= 0.3 is 0 Å². The van der Waals surface area contributed by atoms with Gasteiger partial charge in [-0.25, -0.2) is 0 Å². The van der Waals surface area contributed by atoms with E-state index >= 15 is 0 Å². The minimum atomic E-state index is 1.21. The second-order valence-corrected chi connectivity index (χ2v) is 6.78. The fourth-order valence-corrected chi connectivity index (χ4v) is 3.89. The Hall–Kier alpha value is 0.0500. The second-order valence-electron chi connectivity index (χ2n) is 3.46. The van der Waals surface area contributed by atoms with Crippen LogP contribution in [0.25, 0.3) is 0 Å². The molecule has 16 heavy (non-hydrogen) atoms. The van der Waals surface area contributed by atoms with E-state index in [0.717, 1.165) is 0 Å². The Morgan fingerprint density at radius 3 is 2.62 bits per heavy atom. The van der Waals surface area contributed by atoms with Gasteiger partial charge in [0.25, 0.3) is 0 Å². The van der Waals surface area contributed by atoms with Gasteiger partial charge in [-0.15, -0.1) is 0 Å². The Labute approximate surface area is 126 Å². The van der Waals surface area contributed by atoms with E-state index in [1.165, 1.54) is 28.3 Å². The van der Waals surface area contributed by atoms with Gasteiger partial charge < -0.3 is 5.32 Å². The highest BCUT2D eigenvalue weighted by atomic mass is 127. The molecule has 0 amide bonds. The third-order valence-corrected chi connectivity index (χ3v) is 6.61. The Kier molecular flexibility index (Phi) is 3.05. The molecule has 0 fully saturated rings. The highest BCUT2D eigenvalue weighted by Crippen LogP contribution is 2.46. The van der Waals surface area contributed by atoms with Gasteiger partial charge in [0, 0.05) is 13.4 Å². The molecule has 2 aromatic carbocycles. The molecule has 0 radical (unpaired) electrons. The molecule has 4 heteroatoms. The van der Waals surface area contributed by atoms with E-state index in [-0.39, 0.29) is 0 Å². The van der Waals surface area contributed by atoms with Gasteiger partial charge in [-0.1, -0.05) is 23.9 Å². The Balaban J connectivity index is 2.16. The number of rotatable bonds is 0. The van der Waals surface area contributed by atoms with E-state index in [9.17, 15) is 0 Å². The van der Waals surface area contributed by atoms with Gasteiger partial charge in [0.15, 0.2) is 0 Å². The Morgan fingerprint density at radius 2 is 1.75 bits per heavy atom. The van der Waals surface area contributed by atoms with E-state index in [0.29, 0.717) is 0 Å². The van der Waals surface area contributed by atoms with Crippen molar-refractivity contribution >= 4 is 68.3 Å². The van der Waals surface area contributed by atoms with Gasteiger partial charge in [0.1, 0.15) is 0 Å². The van der Waals surface area contributed by atoms with Gasteiger partial charge in [0.2, 0.25) is 0 Å². The molecule has 0 bridgehead atoms. The van der Waals surface area contributed by atoms with Crippen molar-refractivity contribution < 1.29 is 0 Å². The molecular formula is C12H7I2NS. The predicted octanol–water partition coefficient (Wildman–Crippen LogP) is 5.10. The zero-order valence-corrected chi connectivity index (χ0v) is 13.3. The number of fused-ring (bicyclic) bond motifs is 2. The third-order valence-electron chi connectivity index (χ3n) is 2.42. The maximum atomic E-state index is 3.52. The number of para-hydroxylation sites is 1. The van der Waals surface area contributed by atoms with Crippen LogP contribution < -0.4 is 5.32 Å². The minimum Gasteiger partial charge on any atom is -0.353 e. The molecular weight excluding hydrogens is 444 g/mol. The maximum absolute atomic E-state index is 3.52. The lowest BCUT2D eigenvalue weighted by Gasteiger charge is -2.22. The normalized spacial score (nSPS) is 12.6. The lowest BCUT2D eigenvalue weighted by molar-refractivity contribution is 1.29. The van der Waals surface area contributed by atoms with Crippen LogP contribution in [-0.4, -0.2) is 0 Å². The molecule has 0 saturated heterocycles. The van der Waals surface area contributed by atoms with Crippen molar-refractivity contribution in [1.29, 1.82) is 0 Å². The van der Waals surface area contributed by atoms with Crippen LogP contribution in [0.4, 0.5) is 11.4 Å². The van der Waals surface area contributed by atoms with Crippen LogP contribution in [-0.2, 0) is 0 Å². The smallest absolute Gasteiger partial charge is 0.0672 e. The molecule has 0 atom stereocenters. The zero-order chi connectivity index (χ0) is 11.1. The number of hydrogen-bond donors (Lipinski definition) is 1. The third kappa shape index (κ3) is 1.84. The van der Waals surface area contributed by atoms with Gasteiger partial charge in [-0.05, 0) is 69.4 Å². The number of benzene rings is 2. The van der Waals surface area contributed by atoms with E-state index in [1.807, 2.05) is 11.8 Å². The summed E-state index contributed by atoms with van der Waals surface area (Å²) >= 11 is 6.61. The standard InChI is InChI=1S/C12H7I2NS/c13-7-5-6-10-12(11(7)14)15-8-3-1-2-4-9(8)16-10/h1-6,15H. The first-order valence-electron chi connectivity index (χ1n) is 4.77. The number of nitrogens with one attached hydrogen (secondary N) is 1. The van der Waals surface area contributed by atoms with Gasteiger partial charge in [-0.2, -0.15) is 0 Å². The maximum Gasteiger partial charge on any atom is 0.0672 e. The van der Waals surface area contributed by atoms with Crippen molar-refractivity contribution in [2.45, 2.75) is 9.79 Å². The van der Waals surface area contributed by atoms with Crippen molar-refractivity contribution in [1.82, 2.24) is 0 Å². The first-order valence-corrected chi connectivity index (χ1v) is 7.75. The fourth-order valence-electron chi connectivity index (χ4n) is 1.65. The fraction of sp³-hybridized carbons (Fsp3) is 0. The molecule has 1 nitrogen and oxygen atoms in total. The molecule has 1 heterocycles. The summed E-state index contributed by atoms with van der Waals surface area (Å²) in [5.41, 5.74) is 2.45. The van der Waals surface area contributed by atoms with Crippen molar-refractivity contribution in [2.75, 3.05) is 5.32 Å². The number of halogens is 2. The highest BCUT2D eigenvalue weighted by Gasteiger charge is 2.18. The molecule has 1 aliphatic heterocycles. The predicted molar refractivity (Wildman–Crippen MR) is 85.7 cm³/mol. The minimum absolute atomic E-state index is 1.21. The lowest BCUT2D eigenvalue weighted by Crippen LogP contribution is -2.02. The Morgan fingerprint density at radius 1 is 0.938 bits per heavy atom. The Bertz CT molecular complexity index is 569. The van der Waals surface area contributed by atoms with Crippen LogP contribution in [0.15, 0.2) is 46.2 Å². The summed E-state index contributed by atoms with van der Waals surface area (Å²) in [6.07, 6.45) is 0. The van der Waals surface area contributed by atoms with Crippen LogP contribution >= 0.6 is 56.9 Å². The molecule has 2 aromatic rings. The first-order chi connectivity index (χ1) is 7.75. The van der Waals surface area contributed by atoms with Gasteiger partial charge in [0.05, 0.1) is 14.9 Å². The van der Waals surface area contributed by atoms with Crippen molar-refractivity contribution in [3.8, 4) is 0 Å². The number of anilines is 2. The zero-order valence-electron chi connectivity index (χ0n) is 8.13. The highest BCUT2D eigenvalue weighted by molar-refractivity contribution is 14.1. The summed E-state index contributed by atoms with van der Waals surface area (Å²) in [7, 11) is 0. The summed E-state index contributed by atoms with van der Waals surface area (Å²) in [5.74, 6) is 0. The molecule has 0 spiro atoms. The van der Waals surface area contributed by atoms with Crippen LogP contribution in [0.1, 0.15) is 0 Å². The number of hydrogen-bond acceptors (Lipinski definition) is 2. The average Bonchev–Trinajstić information content (AvgIpc) is 2.32. The van der Waals surface area contributed by atoms with E-state index in [2.05, 4.69) is 86.9 Å². The first kappa shape index (κ1) is 11.2. The van der Waals surface area contributed by atoms with Crippen molar-refractivity contribution in [3.63, 3.8) is 0 Å². The van der Waals surface area contributed by atoms with Crippen LogP contribution in [0, 0.1) is 7.14 Å². The van der Waals surface area contributed by atoms with E-state index < -0.39 is 0 Å². The molecule has 0 aliphatic carbocycles. The van der Waals surface area contributed by atoms with Crippen LogP contribution in [0.3, 0.4) is 0 Å². The molecule has 1 aliphatic rings. The largest absolute Gasteiger partial charge is 0.353 e.